The van der Waals surface area contributed by atoms with Crippen LogP contribution in [0.1, 0.15) is 89.0 Å². The Hall–Kier alpha value is 3.96. The molecule has 0 amide bonds. The van der Waals surface area contributed by atoms with Gasteiger partial charge in [-0.15, -0.1) is 0 Å². The third kappa shape index (κ3) is 219. The quantitative estimate of drug-likeness (QED) is 0.138. The van der Waals surface area contributed by atoms with Gasteiger partial charge in [0.05, 0.1) is 0 Å². The fourth-order valence-corrected chi connectivity index (χ4v) is 0.189. The molecule has 2 unspecified atom stereocenters. The van der Waals surface area contributed by atoms with Crippen LogP contribution in [0, 0.1) is 76.4 Å². The van der Waals surface area contributed by atoms with E-state index in [0.717, 1.165) is 6.92 Å². The minimum Gasteiger partial charge on any atom is -0.848 e. The summed E-state index contributed by atoms with van der Waals surface area (Å²) in [6.07, 6.45) is -2.67. The smallest absolute Gasteiger partial charge is 0.848 e. The van der Waals surface area contributed by atoms with Crippen molar-refractivity contribution in [2.75, 3.05) is 0 Å². The summed E-state index contributed by atoms with van der Waals surface area (Å²) in [6.45, 7) is 2.58. The van der Waals surface area contributed by atoms with E-state index in [1.165, 1.54) is 6.92 Å². The summed E-state index contributed by atoms with van der Waals surface area (Å²) < 4.78 is 0. The molecule has 0 aromatic rings. The first-order chi connectivity index (χ1) is 5.45. The summed E-state index contributed by atoms with van der Waals surface area (Å²) in [5, 5.41) is 27.3. The average molecular weight is 1010 g/mol. The molecule has 0 aromatic heterocycles. The topological polar surface area (TPSA) is 437 Å². The number of hydrogen-bond donors (Lipinski definition) is 5. The van der Waals surface area contributed by atoms with Gasteiger partial charge < -0.3 is 72.8 Å². The van der Waals surface area contributed by atoms with Crippen LogP contribution in [0.5, 0.6) is 0 Å². The summed E-state index contributed by atoms with van der Waals surface area (Å²) in [6, 6.07) is 0. The Morgan fingerprint density at radius 3 is 0.857 bits per heavy atom. The Balaban J connectivity index is -0.000000000917. The molecule has 1 aliphatic heterocycles. The maximum atomic E-state index is 10.0. The summed E-state index contributed by atoms with van der Waals surface area (Å²) in [7, 11) is 0. The second-order valence-electron chi connectivity index (χ2n) is 2.25. The molecule has 21 heteroatoms. The zero-order valence-electron chi connectivity index (χ0n) is 26.1. The molecule has 0 aromatic carbocycles. The molecule has 226 valence electrons. The van der Waals surface area contributed by atoms with Crippen LogP contribution in [0.2, 0.25) is 0 Å². The molecule has 1 aliphatic rings. The van der Waals surface area contributed by atoms with Gasteiger partial charge in [0.2, 0.25) is 6.29 Å². The van der Waals surface area contributed by atoms with Gasteiger partial charge in [0.25, 0.3) is 5.97 Å². The molecule has 16 nitrogen and oxygen atoms in total. The predicted octanol–water partition coefficient (Wildman–Crippen LogP) is -0.138. The second-order valence-corrected chi connectivity index (χ2v) is 2.25. The molecule has 2 atom stereocenters. The van der Waals surface area contributed by atoms with E-state index in [0.29, 0.717) is 0 Å². The van der Waals surface area contributed by atoms with E-state index in [4.69, 9.17) is 5.11 Å². The molecule has 1 heterocycles. The van der Waals surface area contributed by atoms with Crippen LogP contribution < -0.4 is 34.8 Å². The van der Waals surface area contributed by atoms with Crippen LogP contribution in [0.15, 0.2) is 0 Å². The van der Waals surface area contributed by atoms with Gasteiger partial charge in [-0.2, -0.15) is 9.78 Å². The normalized spacial score (nSPS) is 6.97. The van der Waals surface area contributed by atoms with Crippen LogP contribution in [-0.4, -0.2) is 62.4 Å². The van der Waals surface area contributed by atoms with Crippen LogP contribution in [0.25, 0.3) is 0 Å². The van der Waals surface area contributed by atoms with Crippen molar-refractivity contribution < 1.29 is 231 Å². The van der Waals surface area contributed by atoms with Gasteiger partial charge in [0.1, 0.15) is 0 Å². The number of carboxylic acids is 1. The van der Waals surface area contributed by atoms with Crippen LogP contribution in [0.4, 0.5) is 0 Å². The van der Waals surface area contributed by atoms with E-state index in [9.17, 15) is 15.0 Å². The Kier molecular flexibility index (Phi) is 1150. The third-order valence-electron chi connectivity index (χ3n) is 0.938. The largest absolute Gasteiger partial charge is 3.00 e. The molecular formula is C14H77LaMnN4NdO12YZr+20. The summed E-state index contributed by atoms with van der Waals surface area (Å²) in [5.74, 6) is -1.30. The number of aliphatic carboxylic acids is 1. The van der Waals surface area contributed by atoms with Gasteiger partial charge in [-0.1, -0.05) is 79.4 Å². The van der Waals surface area contributed by atoms with Crippen molar-refractivity contribution >= 4 is 5.97 Å². The summed E-state index contributed by atoms with van der Waals surface area (Å²) >= 11 is 0. The predicted molar refractivity (Wildman–Crippen MR) is 140 cm³/mol. The van der Waals surface area contributed by atoms with E-state index >= 15 is 0 Å². The average Bonchev–Trinajstić information content (AvgIpc) is 2.68. The Labute approximate surface area is 348 Å². The fourth-order valence-electron chi connectivity index (χ4n) is 0.189. The van der Waals surface area contributed by atoms with Crippen molar-refractivity contribution in [1.29, 1.82) is 0 Å². The van der Waals surface area contributed by atoms with Gasteiger partial charge >= 0.3 is 142 Å². The van der Waals surface area contributed by atoms with E-state index in [1.807, 2.05) is 0 Å². The first-order valence-corrected chi connectivity index (χ1v) is 3.31. The van der Waals surface area contributed by atoms with Crippen LogP contribution >= 0.6 is 0 Å². The molecule has 0 saturated carbocycles. The van der Waals surface area contributed by atoms with Gasteiger partial charge in [-0.25, -0.2) is 0 Å². The van der Waals surface area contributed by atoms with E-state index in [-0.39, 0.29) is 285 Å². The monoisotopic (exact) mass is 1010 g/mol. The summed E-state index contributed by atoms with van der Waals surface area (Å²) in [4.78, 5) is 17.7. The van der Waals surface area contributed by atoms with Crippen molar-refractivity contribution in [1.82, 2.24) is 24.6 Å². The molecular weight excluding hydrogens is 934 g/mol. The van der Waals surface area contributed by atoms with E-state index < -0.39 is 24.5 Å². The number of carboxylic acid groups (broad SMARTS) is 1. The minimum atomic E-state index is -1.48. The molecule has 35 heavy (non-hydrogen) atoms. The zero-order chi connectivity index (χ0) is 9.72. The maximum Gasteiger partial charge on any atom is 3.00 e. The standard InChI is InChI=1S/2C3H5O3.8CH4.La.Mn.4H3N.Nd.6H2O.Y.Zr/c1-2(4)3-5-6-3;1-2(4)3(5)6;;;;;;;;;;;;;;;;;;;;;;;/h2-3H,1H3;2H,1H3,(H,5,6);8*1H4;;;4*1H3;;6*1H2;;/q2*-1;;;;;;;;;+3;+2;;;;;+3;;;;;;;+3;/p+11. The van der Waals surface area contributed by atoms with Crippen molar-refractivity contribution in [2.24, 2.45) is 0 Å². The van der Waals surface area contributed by atoms with Gasteiger partial charge in [-0.3, -0.25) is 4.79 Å². The van der Waals surface area contributed by atoms with Crippen molar-refractivity contribution in [3.63, 3.8) is 0 Å². The van der Waals surface area contributed by atoms with Crippen molar-refractivity contribution in [2.45, 2.75) is 91.8 Å². The molecule has 1 rings (SSSR count). The fraction of sp³-hybridized carbons (Fsp3) is 0.929. The van der Waals surface area contributed by atoms with Gasteiger partial charge in [0.15, 0.2) is 0 Å². The first-order valence-electron chi connectivity index (χ1n) is 3.31. The number of hydrogen-bond acceptors (Lipinski definition) is 9. The Bertz CT molecular complexity index is 239. The van der Waals surface area contributed by atoms with Gasteiger partial charge in [0, 0.05) is 26.2 Å². The maximum absolute atomic E-state index is 10.0. The van der Waals surface area contributed by atoms with Gasteiger partial charge in [-0.05, 0) is 6.10 Å². The first kappa shape index (κ1) is 251. The van der Waals surface area contributed by atoms with Crippen molar-refractivity contribution in [3.8, 4) is 0 Å². The molecule has 1 saturated heterocycles. The molecule has 0 bridgehead atoms. The van der Waals surface area contributed by atoms with E-state index in [1.54, 1.807) is 0 Å². The van der Waals surface area contributed by atoms with Crippen LogP contribution in [-0.2, 0) is 90.6 Å². The molecule has 2 radical (unpaired) electrons. The molecule has 0 spiro atoms. The molecule has 1 fully saturated rings. The van der Waals surface area contributed by atoms with Crippen LogP contribution in [0.3, 0.4) is 0 Å². The second kappa shape index (κ2) is 161. The minimum absolute atomic E-state index is 0. The Morgan fingerprint density at radius 1 is 0.743 bits per heavy atom. The molecule has 0 aliphatic carbocycles. The third-order valence-corrected chi connectivity index (χ3v) is 0.938. The number of rotatable bonds is 2. The number of carbonyl (C=O) groups is 1. The Morgan fingerprint density at radius 2 is 0.857 bits per heavy atom. The summed E-state index contributed by atoms with van der Waals surface area (Å²) in [5.41, 5.74) is 0. The molecule has 25 N–H and O–H groups in total. The zero-order valence-corrected chi connectivity index (χ0v) is 28.4. The SMILES string of the molecule is C.C.C.C.C.C.C.C.CC([O-])C(=O)O.CC([O-])C1OO1.N.N.N.N.O.O.O.O.O.O.[H+].[H+].[H+].[H+].[H+].[H+].[H+].[H+].[H+].[H+].[H+].[La+3].[Mn+2].[Nd+3].[Y+3].[Zr]. The van der Waals surface area contributed by atoms with Crippen molar-refractivity contribution in [3.05, 3.63) is 0 Å². The van der Waals surface area contributed by atoms with E-state index in [2.05, 4.69) is 9.78 Å².